The van der Waals surface area contributed by atoms with E-state index in [0.29, 0.717) is 4.90 Å². The number of aliphatic hydroxyl groups is 1. The highest BCUT2D eigenvalue weighted by Crippen LogP contribution is 2.10. The lowest BCUT2D eigenvalue weighted by molar-refractivity contribution is 0.0149. The maximum Gasteiger partial charge on any atom is 0.124 e. The Morgan fingerprint density at radius 2 is 2.18 bits per heavy atom. The van der Waals surface area contributed by atoms with Gasteiger partial charge in [-0.3, -0.25) is 4.21 Å². The van der Waals surface area contributed by atoms with Gasteiger partial charge in [0.1, 0.15) is 5.82 Å². The molecule has 0 amide bonds. The Bertz CT molecular complexity index is 382. The summed E-state index contributed by atoms with van der Waals surface area (Å²) >= 11 is 0. The molecule has 0 saturated heterocycles. The molecule has 1 N–H and O–H groups in total. The Kier molecular flexibility index (Phi) is 5.74. The Morgan fingerprint density at radius 3 is 2.76 bits per heavy atom. The van der Waals surface area contributed by atoms with E-state index in [4.69, 9.17) is 4.74 Å². The zero-order valence-electron chi connectivity index (χ0n) is 9.93. The molecule has 0 spiro atoms. The fraction of sp³-hybridized carbons (Fsp3) is 0.500. The first-order chi connectivity index (χ1) is 7.99. The predicted molar refractivity (Wildman–Crippen MR) is 64.8 cm³/mol. The minimum atomic E-state index is -1.41. The van der Waals surface area contributed by atoms with Gasteiger partial charge in [0.25, 0.3) is 0 Å². The highest BCUT2D eigenvalue weighted by atomic mass is 32.2. The van der Waals surface area contributed by atoms with Crippen LogP contribution in [0.1, 0.15) is 13.8 Å². The van der Waals surface area contributed by atoms with Crippen molar-refractivity contribution in [3.63, 3.8) is 0 Å². The SMILES string of the molecule is CC(C)OCC(O)CS(=O)c1cccc(F)c1. The minimum absolute atomic E-state index is 0.0206. The van der Waals surface area contributed by atoms with Crippen LogP contribution in [0.15, 0.2) is 29.2 Å². The Balaban J connectivity index is 2.49. The van der Waals surface area contributed by atoms with Gasteiger partial charge in [-0.1, -0.05) is 6.07 Å². The van der Waals surface area contributed by atoms with E-state index >= 15 is 0 Å². The molecular formula is C12H17FO3S. The Hall–Kier alpha value is -0.780. The van der Waals surface area contributed by atoms with Crippen LogP contribution in [0.4, 0.5) is 4.39 Å². The number of rotatable bonds is 6. The molecule has 17 heavy (non-hydrogen) atoms. The summed E-state index contributed by atoms with van der Waals surface area (Å²) in [6.45, 7) is 3.85. The summed E-state index contributed by atoms with van der Waals surface area (Å²) in [6.07, 6.45) is -0.784. The maximum atomic E-state index is 12.9. The van der Waals surface area contributed by atoms with Gasteiger partial charge in [-0.15, -0.1) is 0 Å². The van der Waals surface area contributed by atoms with Crippen LogP contribution < -0.4 is 0 Å². The lowest BCUT2D eigenvalue weighted by Gasteiger charge is -2.13. The summed E-state index contributed by atoms with van der Waals surface area (Å²) in [4.78, 5) is 0.383. The first kappa shape index (κ1) is 14.3. The molecule has 2 atom stereocenters. The van der Waals surface area contributed by atoms with E-state index in [1.165, 1.54) is 18.2 Å². The van der Waals surface area contributed by atoms with E-state index in [0.717, 1.165) is 0 Å². The molecule has 0 aliphatic rings. The molecule has 1 aromatic carbocycles. The van der Waals surface area contributed by atoms with Gasteiger partial charge >= 0.3 is 0 Å². The average Bonchev–Trinajstić information content (AvgIpc) is 2.26. The molecule has 0 aliphatic heterocycles. The number of benzene rings is 1. The van der Waals surface area contributed by atoms with Gasteiger partial charge in [-0.05, 0) is 32.0 Å². The molecule has 0 heterocycles. The van der Waals surface area contributed by atoms with E-state index in [1.807, 2.05) is 13.8 Å². The standard InChI is InChI=1S/C12H17FO3S/c1-9(2)16-7-11(14)8-17(15)12-5-3-4-10(13)6-12/h3-6,9,11,14H,7-8H2,1-2H3. The first-order valence-electron chi connectivity index (χ1n) is 5.42. The lowest BCUT2D eigenvalue weighted by Crippen LogP contribution is -2.24. The van der Waals surface area contributed by atoms with E-state index in [2.05, 4.69) is 0 Å². The van der Waals surface area contributed by atoms with Gasteiger partial charge in [0.05, 0.1) is 35.4 Å². The van der Waals surface area contributed by atoms with E-state index in [-0.39, 0.29) is 18.5 Å². The van der Waals surface area contributed by atoms with E-state index in [1.54, 1.807) is 6.07 Å². The molecule has 0 radical (unpaired) electrons. The third-order valence-corrected chi connectivity index (χ3v) is 3.49. The van der Waals surface area contributed by atoms with Crippen molar-refractivity contribution in [2.75, 3.05) is 12.4 Å². The number of ether oxygens (including phenoxy) is 1. The second kappa shape index (κ2) is 6.83. The molecule has 3 nitrogen and oxygen atoms in total. The van der Waals surface area contributed by atoms with Crippen molar-refractivity contribution in [1.29, 1.82) is 0 Å². The van der Waals surface area contributed by atoms with Crippen molar-refractivity contribution in [3.05, 3.63) is 30.1 Å². The van der Waals surface area contributed by atoms with Crippen LogP contribution in [-0.4, -0.2) is 33.9 Å². The molecule has 0 fully saturated rings. The zero-order chi connectivity index (χ0) is 12.8. The minimum Gasteiger partial charge on any atom is -0.390 e. The van der Waals surface area contributed by atoms with Crippen LogP contribution in [0.25, 0.3) is 0 Å². The topological polar surface area (TPSA) is 46.5 Å². The summed E-state index contributed by atoms with van der Waals surface area (Å²) < 4.78 is 29.9. The molecule has 0 aromatic heterocycles. The molecule has 1 rings (SSSR count). The first-order valence-corrected chi connectivity index (χ1v) is 6.74. The van der Waals surface area contributed by atoms with Gasteiger partial charge in [-0.2, -0.15) is 0 Å². The van der Waals surface area contributed by atoms with Crippen molar-refractivity contribution >= 4 is 10.8 Å². The van der Waals surface area contributed by atoms with Crippen LogP contribution in [-0.2, 0) is 15.5 Å². The van der Waals surface area contributed by atoms with Crippen LogP contribution in [0.2, 0.25) is 0 Å². The third-order valence-electron chi connectivity index (χ3n) is 2.02. The van der Waals surface area contributed by atoms with Crippen molar-refractivity contribution < 1.29 is 18.4 Å². The molecule has 0 bridgehead atoms. The molecular weight excluding hydrogens is 243 g/mol. The van der Waals surface area contributed by atoms with Crippen molar-refractivity contribution in [3.8, 4) is 0 Å². The van der Waals surface area contributed by atoms with Gasteiger partial charge in [-0.25, -0.2) is 4.39 Å². The molecule has 2 unspecified atom stereocenters. The number of hydrogen-bond acceptors (Lipinski definition) is 3. The number of halogens is 1. The third kappa shape index (κ3) is 5.39. The zero-order valence-corrected chi connectivity index (χ0v) is 10.7. The summed E-state index contributed by atoms with van der Waals surface area (Å²) in [7, 11) is -1.41. The number of aliphatic hydroxyl groups excluding tert-OH is 1. The quantitative estimate of drug-likeness (QED) is 0.847. The normalized spacial score (nSPS) is 14.9. The van der Waals surface area contributed by atoms with Crippen LogP contribution in [0, 0.1) is 5.82 Å². The lowest BCUT2D eigenvalue weighted by atomic mass is 10.3. The smallest absolute Gasteiger partial charge is 0.124 e. The molecule has 0 aliphatic carbocycles. The molecule has 0 saturated carbocycles. The van der Waals surface area contributed by atoms with Gasteiger partial charge in [0.15, 0.2) is 0 Å². The summed E-state index contributed by atoms with van der Waals surface area (Å²) in [6, 6.07) is 5.58. The highest BCUT2D eigenvalue weighted by Gasteiger charge is 2.12. The fourth-order valence-electron chi connectivity index (χ4n) is 1.23. The van der Waals surface area contributed by atoms with Crippen LogP contribution >= 0.6 is 0 Å². The van der Waals surface area contributed by atoms with Crippen molar-refractivity contribution in [2.45, 2.75) is 31.0 Å². The highest BCUT2D eigenvalue weighted by molar-refractivity contribution is 7.85. The van der Waals surface area contributed by atoms with Crippen molar-refractivity contribution in [2.24, 2.45) is 0 Å². The summed E-state index contributed by atoms with van der Waals surface area (Å²) in [5.41, 5.74) is 0. The van der Waals surface area contributed by atoms with E-state index in [9.17, 15) is 13.7 Å². The van der Waals surface area contributed by atoms with Crippen LogP contribution in [0.3, 0.4) is 0 Å². The molecule has 5 heteroatoms. The van der Waals surface area contributed by atoms with Crippen LogP contribution in [0.5, 0.6) is 0 Å². The second-order valence-electron chi connectivity index (χ2n) is 4.01. The Morgan fingerprint density at radius 1 is 1.47 bits per heavy atom. The van der Waals surface area contributed by atoms with Gasteiger partial charge in [0.2, 0.25) is 0 Å². The van der Waals surface area contributed by atoms with Gasteiger partial charge < -0.3 is 9.84 Å². The largest absolute Gasteiger partial charge is 0.390 e. The van der Waals surface area contributed by atoms with E-state index < -0.39 is 22.7 Å². The predicted octanol–water partition coefficient (Wildman–Crippen LogP) is 1.72. The molecule has 96 valence electrons. The van der Waals surface area contributed by atoms with Crippen molar-refractivity contribution in [1.82, 2.24) is 0 Å². The number of hydrogen-bond donors (Lipinski definition) is 1. The Labute approximate surface area is 103 Å². The molecule has 1 aromatic rings. The summed E-state index contributed by atoms with van der Waals surface area (Å²) in [5, 5.41) is 9.59. The second-order valence-corrected chi connectivity index (χ2v) is 5.50. The average molecular weight is 260 g/mol. The van der Waals surface area contributed by atoms with Gasteiger partial charge in [0, 0.05) is 4.90 Å². The summed E-state index contributed by atoms with van der Waals surface area (Å²) in [5.74, 6) is -0.375. The monoisotopic (exact) mass is 260 g/mol. The fourth-order valence-corrected chi connectivity index (χ4v) is 2.34. The maximum absolute atomic E-state index is 12.9.